The molecular formula is C10H18N4O. The number of carbonyl (C=O) groups is 1. The van der Waals surface area contributed by atoms with Gasteiger partial charge in [0.15, 0.2) is 0 Å². The summed E-state index contributed by atoms with van der Waals surface area (Å²) in [4.78, 5) is 11.6. The number of aromatic nitrogens is 2. The smallest absolute Gasteiger partial charge is 0.224 e. The van der Waals surface area contributed by atoms with Crippen molar-refractivity contribution in [2.45, 2.75) is 33.4 Å². The molecule has 2 atom stereocenters. The van der Waals surface area contributed by atoms with Crippen LogP contribution in [-0.2, 0) is 11.3 Å². The van der Waals surface area contributed by atoms with E-state index < -0.39 is 0 Å². The molecule has 0 radical (unpaired) electrons. The largest absolute Gasteiger partial charge is 0.352 e. The van der Waals surface area contributed by atoms with Gasteiger partial charge in [0.1, 0.15) is 0 Å². The van der Waals surface area contributed by atoms with Gasteiger partial charge in [0.25, 0.3) is 0 Å². The first-order valence-electron chi connectivity index (χ1n) is 5.04. The zero-order valence-electron chi connectivity index (χ0n) is 9.37. The molecule has 4 N–H and O–H groups in total. The summed E-state index contributed by atoms with van der Waals surface area (Å²) in [5, 5.41) is 9.53. The highest BCUT2D eigenvalue weighted by Gasteiger charge is 2.16. The number of nitrogens with two attached hydrogens (primary N) is 1. The van der Waals surface area contributed by atoms with Gasteiger partial charge in [0.2, 0.25) is 5.91 Å². The Kier molecular flexibility index (Phi) is 3.85. The molecule has 1 heterocycles. The van der Waals surface area contributed by atoms with Gasteiger partial charge in [-0.3, -0.25) is 9.89 Å². The summed E-state index contributed by atoms with van der Waals surface area (Å²) in [6.07, 6.45) is 1.71. The molecular weight excluding hydrogens is 192 g/mol. The van der Waals surface area contributed by atoms with Crippen LogP contribution in [0, 0.1) is 12.8 Å². The van der Waals surface area contributed by atoms with Crippen molar-refractivity contribution in [3.8, 4) is 0 Å². The predicted molar refractivity (Wildman–Crippen MR) is 58.0 cm³/mol. The lowest BCUT2D eigenvalue weighted by atomic mass is 10.0. The van der Waals surface area contributed by atoms with Gasteiger partial charge in [-0.25, -0.2) is 0 Å². The first-order valence-corrected chi connectivity index (χ1v) is 5.04. The summed E-state index contributed by atoms with van der Waals surface area (Å²) in [6, 6.07) is -0.129. The Morgan fingerprint density at radius 1 is 1.67 bits per heavy atom. The third-order valence-electron chi connectivity index (χ3n) is 2.59. The summed E-state index contributed by atoms with van der Waals surface area (Å²) in [5.41, 5.74) is 7.61. The second kappa shape index (κ2) is 4.93. The van der Waals surface area contributed by atoms with Gasteiger partial charge in [-0.05, 0) is 13.8 Å². The maximum atomic E-state index is 11.6. The SMILES string of the molecule is Cc1[nH]ncc1CNC(=O)C(C)C(C)N. The number of amides is 1. The first kappa shape index (κ1) is 11.7. The minimum atomic E-state index is -0.169. The van der Waals surface area contributed by atoms with Crippen LogP contribution in [-0.4, -0.2) is 22.1 Å². The Morgan fingerprint density at radius 3 is 2.80 bits per heavy atom. The van der Waals surface area contributed by atoms with Crippen molar-refractivity contribution in [1.82, 2.24) is 15.5 Å². The maximum absolute atomic E-state index is 11.6. The fraction of sp³-hybridized carbons (Fsp3) is 0.600. The van der Waals surface area contributed by atoms with Gasteiger partial charge in [0.05, 0.1) is 6.20 Å². The molecule has 0 aliphatic rings. The molecule has 84 valence electrons. The second-order valence-corrected chi connectivity index (χ2v) is 3.89. The van der Waals surface area contributed by atoms with Crippen LogP contribution in [0.2, 0.25) is 0 Å². The lowest BCUT2D eigenvalue weighted by Gasteiger charge is -2.14. The third-order valence-corrected chi connectivity index (χ3v) is 2.59. The normalized spacial score (nSPS) is 14.7. The fourth-order valence-electron chi connectivity index (χ4n) is 1.14. The molecule has 2 unspecified atom stereocenters. The molecule has 0 bridgehead atoms. The third kappa shape index (κ3) is 3.06. The summed E-state index contributed by atoms with van der Waals surface area (Å²) in [5.74, 6) is -0.192. The first-order chi connectivity index (χ1) is 7.02. The van der Waals surface area contributed by atoms with E-state index in [1.807, 2.05) is 20.8 Å². The van der Waals surface area contributed by atoms with Crippen LogP contribution in [0.1, 0.15) is 25.1 Å². The molecule has 1 aromatic heterocycles. The van der Waals surface area contributed by atoms with Crippen molar-refractivity contribution in [3.63, 3.8) is 0 Å². The summed E-state index contributed by atoms with van der Waals surface area (Å²) in [7, 11) is 0. The molecule has 0 saturated heterocycles. The van der Waals surface area contributed by atoms with Crippen molar-refractivity contribution in [2.75, 3.05) is 0 Å². The number of carbonyl (C=O) groups excluding carboxylic acids is 1. The molecule has 0 aliphatic heterocycles. The highest BCUT2D eigenvalue weighted by molar-refractivity contribution is 5.78. The molecule has 1 aromatic rings. The number of rotatable bonds is 4. The van der Waals surface area contributed by atoms with E-state index in [1.54, 1.807) is 6.20 Å². The average Bonchev–Trinajstić information content (AvgIpc) is 2.59. The van der Waals surface area contributed by atoms with E-state index in [9.17, 15) is 4.79 Å². The Hall–Kier alpha value is -1.36. The summed E-state index contributed by atoms with van der Waals surface area (Å²) >= 11 is 0. The zero-order chi connectivity index (χ0) is 11.4. The van der Waals surface area contributed by atoms with Crippen molar-refractivity contribution >= 4 is 5.91 Å². The topological polar surface area (TPSA) is 83.8 Å². The Balaban J connectivity index is 2.44. The molecule has 5 heteroatoms. The highest BCUT2D eigenvalue weighted by atomic mass is 16.1. The molecule has 0 aliphatic carbocycles. The number of hydrogen-bond donors (Lipinski definition) is 3. The zero-order valence-corrected chi connectivity index (χ0v) is 9.37. The van der Waals surface area contributed by atoms with E-state index in [0.29, 0.717) is 6.54 Å². The van der Waals surface area contributed by atoms with Gasteiger partial charge < -0.3 is 11.1 Å². The summed E-state index contributed by atoms with van der Waals surface area (Å²) in [6.45, 7) is 6.07. The van der Waals surface area contributed by atoms with Crippen LogP contribution in [0.25, 0.3) is 0 Å². The van der Waals surface area contributed by atoms with Crippen LogP contribution in [0.3, 0.4) is 0 Å². The lowest BCUT2D eigenvalue weighted by molar-refractivity contribution is -0.125. The Morgan fingerprint density at radius 2 is 2.33 bits per heavy atom. The fourth-order valence-corrected chi connectivity index (χ4v) is 1.14. The van der Waals surface area contributed by atoms with Gasteiger partial charge in [-0.1, -0.05) is 6.92 Å². The molecule has 15 heavy (non-hydrogen) atoms. The van der Waals surface area contributed by atoms with E-state index in [2.05, 4.69) is 15.5 Å². The minimum absolute atomic E-state index is 0.0226. The number of aromatic amines is 1. The van der Waals surface area contributed by atoms with Crippen molar-refractivity contribution in [2.24, 2.45) is 11.7 Å². The molecule has 1 rings (SSSR count). The highest BCUT2D eigenvalue weighted by Crippen LogP contribution is 2.04. The van der Waals surface area contributed by atoms with E-state index in [1.165, 1.54) is 0 Å². The van der Waals surface area contributed by atoms with Crippen molar-refractivity contribution in [3.05, 3.63) is 17.5 Å². The van der Waals surface area contributed by atoms with E-state index in [-0.39, 0.29) is 17.9 Å². The second-order valence-electron chi connectivity index (χ2n) is 3.89. The molecule has 0 fully saturated rings. The maximum Gasteiger partial charge on any atom is 0.224 e. The average molecular weight is 210 g/mol. The van der Waals surface area contributed by atoms with Gasteiger partial charge in [0, 0.05) is 29.8 Å². The Bertz CT molecular complexity index is 332. The monoisotopic (exact) mass is 210 g/mol. The molecule has 5 nitrogen and oxygen atoms in total. The molecule has 0 aromatic carbocycles. The molecule has 0 saturated carbocycles. The quantitative estimate of drug-likeness (QED) is 0.669. The number of hydrogen-bond acceptors (Lipinski definition) is 3. The van der Waals surface area contributed by atoms with Crippen molar-refractivity contribution in [1.29, 1.82) is 0 Å². The number of nitrogens with one attached hydrogen (secondary N) is 2. The Labute approximate surface area is 89.4 Å². The standard InChI is InChI=1S/C10H18N4O/c1-6(7(2)11)10(15)12-4-9-5-13-14-8(9)3/h5-7H,4,11H2,1-3H3,(H,12,15)(H,13,14). The van der Waals surface area contributed by atoms with Crippen LogP contribution in [0.5, 0.6) is 0 Å². The van der Waals surface area contributed by atoms with Crippen LogP contribution in [0.15, 0.2) is 6.20 Å². The number of nitrogens with zero attached hydrogens (tertiary/aromatic N) is 1. The predicted octanol–water partition coefficient (Wildman–Crippen LogP) is 0.318. The number of H-pyrrole nitrogens is 1. The lowest BCUT2D eigenvalue weighted by Crippen LogP contribution is -2.38. The van der Waals surface area contributed by atoms with Crippen LogP contribution in [0.4, 0.5) is 0 Å². The van der Waals surface area contributed by atoms with Crippen LogP contribution < -0.4 is 11.1 Å². The van der Waals surface area contributed by atoms with Gasteiger partial charge in [-0.15, -0.1) is 0 Å². The van der Waals surface area contributed by atoms with E-state index in [4.69, 9.17) is 5.73 Å². The number of aryl methyl sites for hydroxylation is 1. The molecule has 0 spiro atoms. The van der Waals surface area contributed by atoms with E-state index in [0.717, 1.165) is 11.3 Å². The summed E-state index contributed by atoms with van der Waals surface area (Å²) < 4.78 is 0. The van der Waals surface area contributed by atoms with Crippen LogP contribution >= 0.6 is 0 Å². The minimum Gasteiger partial charge on any atom is -0.352 e. The van der Waals surface area contributed by atoms with E-state index >= 15 is 0 Å². The van der Waals surface area contributed by atoms with Gasteiger partial charge >= 0.3 is 0 Å². The van der Waals surface area contributed by atoms with Crippen molar-refractivity contribution < 1.29 is 4.79 Å². The van der Waals surface area contributed by atoms with Gasteiger partial charge in [-0.2, -0.15) is 5.10 Å². The molecule has 1 amide bonds.